The van der Waals surface area contributed by atoms with Crippen LogP contribution < -0.4 is 5.32 Å². The fourth-order valence-corrected chi connectivity index (χ4v) is 3.52. The van der Waals surface area contributed by atoms with Crippen molar-refractivity contribution < 1.29 is 4.79 Å². The summed E-state index contributed by atoms with van der Waals surface area (Å²) in [7, 11) is 5.90. The van der Waals surface area contributed by atoms with E-state index in [-0.39, 0.29) is 5.91 Å². The summed E-state index contributed by atoms with van der Waals surface area (Å²) in [5, 5.41) is 8.42. The standard InChI is InChI=1S/C22H27N5OS/c1-26(2)13-6-12-23-22-18-7-4-5-8-19(18)24-20(25-22)15-27(3)21(28)10-9-17-11-14-29-16-17/h4-5,7-11,14,16H,6,12-13,15H2,1-3H3,(H,23,24,25). The van der Waals surface area contributed by atoms with E-state index in [2.05, 4.69) is 29.3 Å². The predicted octanol–water partition coefficient (Wildman–Crippen LogP) is 3.73. The molecule has 3 aromatic rings. The van der Waals surface area contributed by atoms with Gasteiger partial charge in [0, 0.05) is 25.1 Å². The van der Waals surface area contributed by atoms with Crippen molar-refractivity contribution in [1.29, 1.82) is 0 Å². The first-order valence-corrected chi connectivity index (χ1v) is 10.6. The Balaban J connectivity index is 1.71. The van der Waals surface area contributed by atoms with Gasteiger partial charge in [0.1, 0.15) is 5.82 Å². The Morgan fingerprint density at radius 1 is 1.17 bits per heavy atom. The van der Waals surface area contributed by atoms with Crippen LogP contribution in [0.3, 0.4) is 0 Å². The summed E-state index contributed by atoms with van der Waals surface area (Å²) >= 11 is 1.61. The van der Waals surface area contributed by atoms with Gasteiger partial charge in [-0.1, -0.05) is 12.1 Å². The lowest BCUT2D eigenvalue weighted by atomic mass is 10.2. The van der Waals surface area contributed by atoms with Crippen LogP contribution >= 0.6 is 11.3 Å². The third-order valence-corrected chi connectivity index (χ3v) is 5.14. The van der Waals surface area contributed by atoms with Gasteiger partial charge in [-0.05, 0) is 67.7 Å². The molecule has 29 heavy (non-hydrogen) atoms. The summed E-state index contributed by atoms with van der Waals surface area (Å²) < 4.78 is 0. The number of carbonyl (C=O) groups is 1. The summed E-state index contributed by atoms with van der Waals surface area (Å²) in [5.74, 6) is 1.37. The largest absolute Gasteiger partial charge is 0.369 e. The fraction of sp³-hybridized carbons (Fsp3) is 0.318. The number of benzene rings is 1. The number of carbonyl (C=O) groups excluding carboxylic acids is 1. The lowest BCUT2D eigenvalue weighted by Crippen LogP contribution is -2.25. The Labute approximate surface area is 175 Å². The highest BCUT2D eigenvalue weighted by atomic mass is 32.1. The molecule has 2 heterocycles. The number of fused-ring (bicyclic) bond motifs is 1. The van der Waals surface area contributed by atoms with Gasteiger partial charge in [0.2, 0.25) is 5.91 Å². The van der Waals surface area contributed by atoms with E-state index >= 15 is 0 Å². The number of para-hydroxylation sites is 1. The van der Waals surface area contributed by atoms with Crippen molar-refractivity contribution in [3.8, 4) is 0 Å². The molecule has 0 saturated heterocycles. The molecule has 0 unspecified atom stereocenters. The first-order valence-electron chi connectivity index (χ1n) is 9.62. The Hall–Kier alpha value is -2.77. The first-order chi connectivity index (χ1) is 14.0. The minimum atomic E-state index is -0.0755. The lowest BCUT2D eigenvalue weighted by Gasteiger charge is -2.16. The number of amides is 1. The van der Waals surface area contributed by atoms with Crippen molar-refractivity contribution in [3.63, 3.8) is 0 Å². The van der Waals surface area contributed by atoms with Crippen molar-refractivity contribution in [2.75, 3.05) is 39.5 Å². The minimum Gasteiger partial charge on any atom is -0.369 e. The summed E-state index contributed by atoms with van der Waals surface area (Å²) in [5.41, 5.74) is 1.91. The van der Waals surface area contributed by atoms with Crippen LogP contribution in [0.1, 0.15) is 17.8 Å². The summed E-state index contributed by atoms with van der Waals surface area (Å²) in [6.07, 6.45) is 4.43. The molecule has 0 atom stereocenters. The number of hydrogen-bond acceptors (Lipinski definition) is 6. The van der Waals surface area contributed by atoms with Crippen LogP contribution in [0.5, 0.6) is 0 Å². The van der Waals surface area contributed by atoms with Crippen LogP contribution in [0.2, 0.25) is 0 Å². The van der Waals surface area contributed by atoms with E-state index in [1.54, 1.807) is 29.4 Å². The van der Waals surface area contributed by atoms with Crippen molar-refractivity contribution >= 4 is 40.0 Å². The van der Waals surface area contributed by atoms with E-state index in [1.807, 2.05) is 47.2 Å². The van der Waals surface area contributed by atoms with E-state index in [0.29, 0.717) is 12.4 Å². The van der Waals surface area contributed by atoms with Gasteiger partial charge < -0.3 is 15.1 Å². The third kappa shape index (κ3) is 6.10. The smallest absolute Gasteiger partial charge is 0.246 e. The third-order valence-electron chi connectivity index (χ3n) is 4.44. The van der Waals surface area contributed by atoms with Gasteiger partial charge in [-0.2, -0.15) is 11.3 Å². The van der Waals surface area contributed by atoms with Gasteiger partial charge in [0.15, 0.2) is 5.82 Å². The fourth-order valence-electron chi connectivity index (χ4n) is 2.89. The van der Waals surface area contributed by atoms with E-state index in [0.717, 1.165) is 41.8 Å². The highest BCUT2D eigenvalue weighted by Gasteiger charge is 2.12. The zero-order valence-corrected chi connectivity index (χ0v) is 17.9. The van der Waals surface area contributed by atoms with Gasteiger partial charge in [-0.25, -0.2) is 9.97 Å². The van der Waals surface area contributed by atoms with Crippen LogP contribution in [0.4, 0.5) is 5.82 Å². The van der Waals surface area contributed by atoms with Crippen molar-refractivity contribution in [3.05, 3.63) is 58.6 Å². The molecular formula is C22H27N5OS. The van der Waals surface area contributed by atoms with E-state index < -0.39 is 0 Å². The zero-order chi connectivity index (χ0) is 20.6. The second kappa shape index (κ2) is 10.1. The van der Waals surface area contributed by atoms with Crippen LogP contribution in [0, 0.1) is 0 Å². The van der Waals surface area contributed by atoms with Gasteiger partial charge in [0.05, 0.1) is 12.1 Å². The number of nitrogens with one attached hydrogen (secondary N) is 1. The molecule has 3 rings (SSSR count). The van der Waals surface area contributed by atoms with Gasteiger partial charge in [0.25, 0.3) is 0 Å². The molecule has 0 aliphatic rings. The van der Waals surface area contributed by atoms with Crippen LogP contribution in [-0.2, 0) is 11.3 Å². The molecule has 1 N–H and O–H groups in total. The maximum Gasteiger partial charge on any atom is 0.246 e. The van der Waals surface area contributed by atoms with Gasteiger partial charge in [-0.15, -0.1) is 0 Å². The number of anilines is 1. The van der Waals surface area contributed by atoms with Crippen molar-refractivity contribution in [2.24, 2.45) is 0 Å². The summed E-state index contributed by atoms with van der Waals surface area (Å²) in [6, 6.07) is 9.93. The maximum atomic E-state index is 12.4. The average molecular weight is 410 g/mol. The molecule has 152 valence electrons. The highest BCUT2D eigenvalue weighted by Crippen LogP contribution is 2.20. The molecule has 0 saturated carbocycles. The van der Waals surface area contributed by atoms with Gasteiger partial charge >= 0.3 is 0 Å². The molecular weight excluding hydrogens is 382 g/mol. The Morgan fingerprint density at radius 3 is 2.76 bits per heavy atom. The number of thiophene rings is 1. The molecule has 0 aliphatic heterocycles. The number of hydrogen-bond donors (Lipinski definition) is 1. The zero-order valence-electron chi connectivity index (χ0n) is 17.1. The normalized spacial score (nSPS) is 11.4. The SMILES string of the molecule is CN(C)CCCNc1nc(CN(C)C(=O)C=Cc2ccsc2)nc2ccccc12. The van der Waals surface area contributed by atoms with Crippen LogP contribution in [-0.4, -0.2) is 59.9 Å². The lowest BCUT2D eigenvalue weighted by molar-refractivity contribution is -0.125. The number of nitrogens with zero attached hydrogens (tertiary/aromatic N) is 4. The second-order valence-corrected chi connectivity index (χ2v) is 7.95. The maximum absolute atomic E-state index is 12.4. The topological polar surface area (TPSA) is 61.4 Å². The Bertz CT molecular complexity index is 969. The molecule has 2 aromatic heterocycles. The summed E-state index contributed by atoms with van der Waals surface area (Å²) in [4.78, 5) is 25.6. The molecule has 0 fully saturated rings. The molecule has 7 heteroatoms. The monoisotopic (exact) mass is 409 g/mol. The predicted molar refractivity (Wildman–Crippen MR) is 121 cm³/mol. The van der Waals surface area contributed by atoms with E-state index in [4.69, 9.17) is 4.98 Å². The Morgan fingerprint density at radius 2 is 2.00 bits per heavy atom. The van der Waals surface area contributed by atoms with E-state index in [9.17, 15) is 4.79 Å². The quantitative estimate of drug-likeness (QED) is 0.431. The van der Waals surface area contributed by atoms with Crippen molar-refractivity contribution in [2.45, 2.75) is 13.0 Å². The van der Waals surface area contributed by atoms with Crippen LogP contribution in [0.25, 0.3) is 17.0 Å². The molecule has 0 aliphatic carbocycles. The molecule has 1 amide bonds. The number of rotatable bonds is 9. The van der Waals surface area contributed by atoms with E-state index in [1.165, 1.54) is 0 Å². The molecule has 0 spiro atoms. The number of likely N-dealkylation sites (N-methyl/N-ethyl adjacent to an activating group) is 1. The van der Waals surface area contributed by atoms with Gasteiger partial charge in [-0.3, -0.25) is 4.79 Å². The average Bonchev–Trinajstić information content (AvgIpc) is 3.22. The molecule has 0 radical (unpaired) electrons. The summed E-state index contributed by atoms with van der Waals surface area (Å²) in [6.45, 7) is 2.19. The second-order valence-electron chi connectivity index (χ2n) is 7.17. The molecule has 1 aromatic carbocycles. The minimum absolute atomic E-state index is 0.0755. The number of aromatic nitrogens is 2. The molecule has 6 nitrogen and oxygen atoms in total. The molecule has 0 bridgehead atoms. The van der Waals surface area contributed by atoms with Crippen molar-refractivity contribution in [1.82, 2.24) is 19.8 Å². The first kappa shape index (κ1) is 21.0. The Kier molecular flexibility index (Phi) is 7.32. The van der Waals surface area contributed by atoms with Crippen LogP contribution in [0.15, 0.2) is 47.2 Å². The highest BCUT2D eigenvalue weighted by molar-refractivity contribution is 7.08.